The van der Waals surface area contributed by atoms with Crippen LogP contribution in [0.2, 0.25) is 0 Å². The van der Waals surface area contributed by atoms with E-state index in [-0.39, 0.29) is 0 Å². The molecular formula is C22H19N. The maximum Gasteiger partial charge on any atom is 0.0560 e. The molecule has 0 radical (unpaired) electrons. The zero-order chi connectivity index (χ0) is 15.5. The highest BCUT2D eigenvalue weighted by Gasteiger charge is 2.20. The molecule has 1 unspecified atom stereocenters. The molecule has 0 saturated carbocycles. The van der Waals surface area contributed by atoms with E-state index in [4.69, 9.17) is 0 Å². The summed E-state index contributed by atoms with van der Waals surface area (Å²) in [4.78, 5) is 2.45. The maximum absolute atomic E-state index is 2.45. The van der Waals surface area contributed by atoms with Crippen molar-refractivity contribution < 1.29 is 0 Å². The Morgan fingerprint density at radius 1 is 0.739 bits per heavy atom. The number of hydrogen-bond acceptors (Lipinski definition) is 1. The lowest BCUT2D eigenvalue weighted by Gasteiger charge is -2.33. The molecule has 1 aliphatic carbocycles. The summed E-state index contributed by atoms with van der Waals surface area (Å²) in [6, 6.07) is 26.2. The van der Waals surface area contributed by atoms with Crippen molar-refractivity contribution in [3.05, 3.63) is 97.1 Å². The molecule has 0 N–H and O–H groups in total. The molecule has 3 aromatic rings. The minimum Gasteiger partial charge on any atom is -0.334 e. The van der Waals surface area contributed by atoms with Crippen LogP contribution in [0.5, 0.6) is 0 Å². The lowest BCUT2D eigenvalue weighted by Crippen LogP contribution is -2.29. The Balaban J connectivity index is 1.90. The van der Waals surface area contributed by atoms with Gasteiger partial charge < -0.3 is 4.90 Å². The molecule has 0 amide bonds. The fourth-order valence-corrected chi connectivity index (χ4v) is 3.28. The minimum absolute atomic E-state index is 0.341. The Bertz CT molecular complexity index is 856. The van der Waals surface area contributed by atoms with Gasteiger partial charge in [0.15, 0.2) is 0 Å². The topological polar surface area (TPSA) is 3.24 Å². The fourth-order valence-electron chi connectivity index (χ4n) is 3.28. The molecule has 4 rings (SSSR count). The van der Waals surface area contributed by atoms with E-state index in [1.165, 1.54) is 22.1 Å². The first-order chi connectivity index (χ1) is 11.4. The van der Waals surface area contributed by atoms with Gasteiger partial charge in [0, 0.05) is 16.8 Å². The van der Waals surface area contributed by atoms with Gasteiger partial charge in [-0.05, 0) is 30.0 Å². The second kappa shape index (κ2) is 6.13. The molecule has 23 heavy (non-hydrogen) atoms. The maximum atomic E-state index is 2.45. The second-order valence-corrected chi connectivity index (χ2v) is 5.82. The lowest BCUT2D eigenvalue weighted by atomic mass is 10.0. The van der Waals surface area contributed by atoms with Crippen LogP contribution in [0.1, 0.15) is 6.42 Å². The van der Waals surface area contributed by atoms with E-state index in [2.05, 4.69) is 102 Å². The molecule has 112 valence electrons. The number of rotatable bonds is 3. The third kappa shape index (κ3) is 2.66. The third-order valence-corrected chi connectivity index (χ3v) is 4.35. The van der Waals surface area contributed by atoms with Crippen molar-refractivity contribution in [1.82, 2.24) is 0 Å². The normalized spacial score (nSPS) is 16.6. The fraction of sp³-hybridized carbons (Fsp3) is 0.0909. The van der Waals surface area contributed by atoms with Crippen molar-refractivity contribution in [2.24, 2.45) is 0 Å². The van der Waals surface area contributed by atoms with Crippen LogP contribution < -0.4 is 4.90 Å². The van der Waals surface area contributed by atoms with Gasteiger partial charge >= 0.3 is 0 Å². The molecule has 1 nitrogen and oxygen atoms in total. The summed E-state index contributed by atoms with van der Waals surface area (Å²) in [5, 5.41) is 2.57. The molecule has 0 heterocycles. The largest absolute Gasteiger partial charge is 0.334 e. The van der Waals surface area contributed by atoms with Gasteiger partial charge in [0.2, 0.25) is 0 Å². The Morgan fingerprint density at radius 3 is 2.35 bits per heavy atom. The molecule has 0 aliphatic heterocycles. The van der Waals surface area contributed by atoms with Crippen molar-refractivity contribution in [2.45, 2.75) is 12.5 Å². The Labute approximate surface area is 137 Å². The summed E-state index contributed by atoms with van der Waals surface area (Å²) in [6.07, 6.45) is 9.83. The van der Waals surface area contributed by atoms with Crippen LogP contribution in [-0.2, 0) is 0 Å². The number of para-hydroxylation sites is 1. The van der Waals surface area contributed by atoms with E-state index in [0.29, 0.717) is 6.04 Å². The van der Waals surface area contributed by atoms with Crippen molar-refractivity contribution in [1.29, 1.82) is 0 Å². The van der Waals surface area contributed by atoms with E-state index in [9.17, 15) is 0 Å². The van der Waals surface area contributed by atoms with Gasteiger partial charge in [-0.2, -0.15) is 0 Å². The van der Waals surface area contributed by atoms with Gasteiger partial charge in [-0.3, -0.25) is 0 Å². The second-order valence-electron chi connectivity index (χ2n) is 5.82. The molecular weight excluding hydrogens is 278 g/mol. The monoisotopic (exact) mass is 297 g/mol. The van der Waals surface area contributed by atoms with E-state index in [1.807, 2.05) is 0 Å². The highest BCUT2D eigenvalue weighted by atomic mass is 15.2. The van der Waals surface area contributed by atoms with Gasteiger partial charge in [0.05, 0.1) is 6.04 Å². The van der Waals surface area contributed by atoms with Gasteiger partial charge in [0.25, 0.3) is 0 Å². The molecule has 0 aromatic heterocycles. The standard InChI is InChI=1S/C22H19N/c1-3-12-19(13-4-1)23(20-14-5-2-6-15-20)22-17-9-11-18-10-7-8-16-21(18)22/h1-14,16-17,20H,15H2. The van der Waals surface area contributed by atoms with Crippen LogP contribution in [0.25, 0.3) is 10.8 Å². The first-order valence-corrected chi connectivity index (χ1v) is 8.09. The van der Waals surface area contributed by atoms with Crippen LogP contribution in [-0.4, -0.2) is 6.04 Å². The van der Waals surface area contributed by atoms with E-state index in [0.717, 1.165) is 6.42 Å². The van der Waals surface area contributed by atoms with Crippen molar-refractivity contribution >= 4 is 22.1 Å². The number of fused-ring (bicyclic) bond motifs is 1. The van der Waals surface area contributed by atoms with Crippen molar-refractivity contribution in [2.75, 3.05) is 4.90 Å². The number of benzene rings is 3. The minimum atomic E-state index is 0.341. The van der Waals surface area contributed by atoms with Crippen molar-refractivity contribution in [3.63, 3.8) is 0 Å². The predicted octanol–water partition coefficient (Wildman–Crippen LogP) is 5.86. The average molecular weight is 297 g/mol. The van der Waals surface area contributed by atoms with Crippen LogP contribution in [0.15, 0.2) is 97.1 Å². The lowest BCUT2D eigenvalue weighted by molar-refractivity contribution is 0.787. The van der Waals surface area contributed by atoms with Crippen LogP contribution in [0.3, 0.4) is 0 Å². The summed E-state index contributed by atoms with van der Waals surface area (Å²) in [6.45, 7) is 0. The van der Waals surface area contributed by atoms with Crippen molar-refractivity contribution in [3.8, 4) is 0 Å². The highest BCUT2D eigenvalue weighted by Crippen LogP contribution is 2.35. The number of hydrogen-bond donors (Lipinski definition) is 0. The zero-order valence-electron chi connectivity index (χ0n) is 13.0. The Kier molecular flexibility index (Phi) is 3.69. The quantitative estimate of drug-likeness (QED) is 0.585. The first-order valence-electron chi connectivity index (χ1n) is 8.09. The van der Waals surface area contributed by atoms with E-state index >= 15 is 0 Å². The summed E-state index contributed by atoms with van der Waals surface area (Å²) in [5.74, 6) is 0. The van der Waals surface area contributed by atoms with E-state index < -0.39 is 0 Å². The van der Waals surface area contributed by atoms with E-state index in [1.54, 1.807) is 0 Å². The average Bonchev–Trinajstić information content (AvgIpc) is 2.64. The zero-order valence-corrected chi connectivity index (χ0v) is 13.0. The van der Waals surface area contributed by atoms with Gasteiger partial charge in [-0.15, -0.1) is 0 Å². The first kappa shape index (κ1) is 13.8. The van der Waals surface area contributed by atoms with Gasteiger partial charge in [0.1, 0.15) is 0 Å². The van der Waals surface area contributed by atoms with Gasteiger partial charge in [-0.1, -0.05) is 78.9 Å². The molecule has 1 atom stereocenters. The van der Waals surface area contributed by atoms with Gasteiger partial charge in [-0.25, -0.2) is 0 Å². The van der Waals surface area contributed by atoms with Crippen LogP contribution in [0, 0.1) is 0 Å². The third-order valence-electron chi connectivity index (χ3n) is 4.35. The molecule has 3 aromatic carbocycles. The SMILES string of the molecule is C1=CCC(N(c2ccccc2)c2cccc3ccccc23)C=C1. The summed E-state index contributed by atoms with van der Waals surface area (Å²) in [5.41, 5.74) is 2.49. The predicted molar refractivity (Wildman–Crippen MR) is 99.2 cm³/mol. The Morgan fingerprint density at radius 2 is 1.52 bits per heavy atom. The number of allylic oxidation sites excluding steroid dienone is 2. The summed E-state index contributed by atoms with van der Waals surface area (Å²) >= 11 is 0. The van der Waals surface area contributed by atoms with Crippen LogP contribution in [0.4, 0.5) is 11.4 Å². The molecule has 1 aliphatic rings. The number of nitrogens with zero attached hydrogens (tertiary/aromatic N) is 1. The summed E-state index contributed by atoms with van der Waals surface area (Å²) in [7, 11) is 0. The molecule has 0 bridgehead atoms. The Hall–Kier alpha value is -2.80. The molecule has 0 spiro atoms. The van der Waals surface area contributed by atoms with Crippen LogP contribution >= 0.6 is 0 Å². The summed E-state index contributed by atoms with van der Waals surface area (Å²) < 4.78 is 0. The number of anilines is 2. The smallest absolute Gasteiger partial charge is 0.0560 e. The highest BCUT2D eigenvalue weighted by molar-refractivity contribution is 5.96. The molecule has 0 fully saturated rings. The molecule has 1 heteroatoms. The molecule has 0 saturated heterocycles.